The summed E-state index contributed by atoms with van der Waals surface area (Å²) in [7, 11) is 0. The van der Waals surface area contributed by atoms with Crippen LogP contribution in [0.1, 0.15) is 23.6 Å². The maximum atomic E-state index is 12.6. The molecule has 1 aliphatic heterocycles. The molecule has 0 fully saturated rings. The van der Waals surface area contributed by atoms with E-state index in [1.165, 1.54) is 5.56 Å². The second-order valence-corrected chi connectivity index (χ2v) is 8.97. The number of nitrogens with one attached hydrogen (secondary N) is 3. The zero-order valence-electron chi connectivity index (χ0n) is 20.2. The number of rotatable bonds is 6. The Hall–Kier alpha value is -4.86. The summed E-state index contributed by atoms with van der Waals surface area (Å²) in [5.74, 6) is 1.71. The van der Waals surface area contributed by atoms with E-state index in [2.05, 4.69) is 57.8 Å². The first-order chi connectivity index (χ1) is 18.2. The highest BCUT2D eigenvalue weighted by Crippen LogP contribution is 2.42. The zero-order valence-corrected chi connectivity index (χ0v) is 20.2. The lowest BCUT2D eigenvalue weighted by Gasteiger charge is -2.19. The molecule has 37 heavy (non-hydrogen) atoms. The van der Waals surface area contributed by atoms with Crippen LogP contribution in [0.15, 0.2) is 73.3 Å². The van der Waals surface area contributed by atoms with Crippen LogP contribution in [0.2, 0.25) is 0 Å². The number of amides is 2. The van der Waals surface area contributed by atoms with Gasteiger partial charge in [0.05, 0.1) is 11.6 Å². The summed E-state index contributed by atoms with van der Waals surface area (Å²) in [6.45, 7) is 3.22. The number of para-hydroxylation sites is 1. The highest BCUT2D eigenvalue weighted by molar-refractivity contribution is 5.91. The molecule has 3 N–H and O–H groups in total. The standard InChI is InChI=1S/C27H25N9O/c1-17-9-11-28-24(33-17)18-5-4-6-20(13-18)34-27(37)29-12-10-19-15-36(23-8-3-2-7-21(19)23)26-22-14-32-35-25(22)30-16-31-26/h2-9,11,13-14,16,19H,10,12,15H2,1H3,(H2,29,34,37)(H,30,31,32,35). The summed E-state index contributed by atoms with van der Waals surface area (Å²) < 4.78 is 0. The summed E-state index contributed by atoms with van der Waals surface area (Å²) in [4.78, 5) is 32.5. The average molecular weight is 492 g/mol. The van der Waals surface area contributed by atoms with E-state index in [9.17, 15) is 4.79 Å². The maximum absolute atomic E-state index is 12.6. The fourth-order valence-corrected chi connectivity index (χ4v) is 4.77. The number of aryl methyl sites for hydroxylation is 1. The fraction of sp³-hybridized carbons (Fsp3) is 0.185. The summed E-state index contributed by atoms with van der Waals surface area (Å²) in [6, 6.07) is 17.5. The third-order valence-corrected chi connectivity index (χ3v) is 6.50. The molecule has 1 atom stereocenters. The Bertz CT molecular complexity index is 1580. The second-order valence-electron chi connectivity index (χ2n) is 8.97. The van der Waals surface area contributed by atoms with E-state index in [1.807, 2.05) is 49.4 Å². The van der Waals surface area contributed by atoms with Gasteiger partial charge in [0.15, 0.2) is 11.5 Å². The van der Waals surface area contributed by atoms with Gasteiger partial charge in [0, 0.05) is 47.8 Å². The molecule has 10 heteroatoms. The van der Waals surface area contributed by atoms with E-state index in [0.29, 0.717) is 23.7 Å². The molecule has 1 unspecified atom stereocenters. The highest BCUT2D eigenvalue weighted by atomic mass is 16.2. The smallest absolute Gasteiger partial charge is 0.319 e. The van der Waals surface area contributed by atoms with Gasteiger partial charge in [-0.3, -0.25) is 5.10 Å². The summed E-state index contributed by atoms with van der Waals surface area (Å²) >= 11 is 0. The number of urea groups is 1. The lowest BCUT2D eigenvalue weighted by molar-refractivity contribution is 0.252. The van der Waals surface area contributed by atoms with Crippen LogP contribution in [0.4, 0.5) is 22.0 Å². The van der Waals surface area contributed by atoms with Crippen LogP contribution in [0.5, 0.6) is 0 Å². The largest absolute Gasteiger partial charge is 0.338 e. The third-order valence-electron chi connectivity index (χ3n) is 6.50. The SMILES string of the molecule is Cc1ccnc(-c2cccc(NC(=O)NCCC3CN(c4ncnc5[nH]ncc45)c4ccccc43)c2)n1. The Morgan fingerprint density at radius 3 is 2.95 bits per heavy atom. The Morgan fingerprint density at radius 2 is 2.03 bits per heavy atom. The minimum Gasteiger partial charge on any atom is -0.338 e. The van der Waals surface area contributed by atoms with Gasteiger partial charge < -0.3 is 15.5 Å². The van der Waals surface area contributed by atoms with Gasteiger partial charge in [-0.05, 0) is 43.2 Å². The van der Waals surface area contributed by atoms with Crippen molar-refractivity contribution in [3.05, 3.63) is 84.6 Å². The number of carbonyl (C=O) groups is 1. The van der Waals surface area contributed by atoms with Crippen molar-refractivity contribution in [2.24, 2.45) is 0 Å². The molecule has 2 amide bonds. The Balaban J connectivity index is 1.10. The molecule has 0 saturated heterocycles. The van der Waals surface area contributed by atoms with Crippen molar-refractivity contribution >= 4 is 34.3 Å². The molecule has 0 aliphatic carbocycles. The van der Waals surface area contributed by atoms with Crippen molar-refractivity contribution < 1.29 is 4.79 Å². The molecule has 3 aromatic heterocycles. The van der Waals surface area contributed by atoms with Gasteiger partial charge in [-0.25, -0.2) is 24.7 Å². The van der Waals surface area contributed by atoms with Gasteiger partial charge >= 0.3 is 6.03 Å². The molecule has 10 nitrogen and oxygen atoms in total. The molecule has 0 radical (unpaired) electrons. The van der Waals surface area contributed by atoms with E-state index in [1.54, 1.807) is 18.7 Å². The average Bonchev–Trinajstić information content (AvgIpc) is 3.54. The van der Waals surface area contributed by atoms with Crippen molar-refractivity contribution in [1.29, 1.82) is 0 Å². The Kier molecular flexibility index (Phi) is 5.89. The number of carbonyl (C=O) groups excluding carboxylic acids is 1. The van der Waals surface area contributed by atoms with E-state index in [0.717, 1.165) is 41.1 Å². The van der Waals surface area contributed by atoms with Crippen molar-refractivity contribution in [2.75, 3.05) is 23.3 Å². The number of hydrogen-bond donors (Lipinski definition) is 3. The summed E-state index contributed by atoms with van der Waals surface area (Å²) in [5, 5.41) is 13.8. The van der Waals surface area contributed by atoms with Crippen LogP contribution >= 0.6 is 0 Å². The zero-order chi connectivity index (χ0) is 25.2. The first-order valence-corrected chi connectivity index (χ1v) is 12.1. The number of fused-ring (bicyclic) bond motifs is 2. The second kappa shape index (κ2) is 9.65. The molecule has 4 heterocycles. The lowest BCUT2D eigenvalue weighted by Crippen LogP contribution is -2.30. The van der Waals surface area contributed by atoms with Gasteiger partial charge in [-0.1, -0.05) is 30.3 Å². The highest BCUT2D eigenvalue weighted by Gasteiger charge is 2.30. The van der Waals surface area contributed by atoms with Crippen molar-refractivity contribution in [2.45, 2.75) is 19.3 Å². The third kappa shape index (κ3) is 4.56. The molecule has 1 aliphatic rings. The molecule has 5 aromatic rings. The van der Waals surface area contributed by atoms with Crippen molar-refractivity contribution in [3.8, 4) is 11.4 Å². The first-order valence-electron chi connectivity index (χ1n) is 12.1. The predicted octanol–water partition coefficient (Wildman–Crippen LogP) is 4.57. The minimum atomic E-state index is -0.249. The molecule has 0 bridgehead atoms. The molecule has 0 spiro atoms. The van der Waals surface area contributed by atoms with Gasteiger partial charge in [-0.2, -0.15) is 5.10 Å². The number of aromatic nitrogens is 6. The topological polar surface area (TPSA) is 125 Å². The van der Waals surface area contributed by atoms with Gasteiger partial charge in [0.25, 0.3) is 0 Å². The normalized spacial score (nSPS) is 14.5. The van der Waals surface area contributed by atoms with Crippen molar-refractivity contribution in [3.63, 3.8) is 0 Å². The van der Waals surface area contributed by atoms with Gasteiger partial charge in [0.1, 0.15) is 12.1 Å². The predicted molar refractivity (Wildman–Crippen MR) is 142 cm³/mol. The fourth-order valence-electron chi connectivity index (χ4n) is 4.77. The van der Waals surface area contributed by atoms with E-state index < -0.39 is 0 Å². The number of hydrogen-bond acceptors (Lipinski definition) is 7. The van der Waals surface area contributed by atoms with Gasteiger partial charge in [-0.15, -0.1) is 0 Å². The van der Waals surface area contributed by atoms with Gasteiger partial charge in [0.2, 0.25) is 0 Å². The minimum absolute atomic E-state index is 0.246. The quantitative estimate of drug-likeness (QED) is 0.318. The molecular weight excluding hydrogens is 466 g/mol. The Morgan fingerprint density at radius 1 is 1.11 bits per heavy atom. The van der Waals surface area contributed by atoms with Crippen LogP contribution in [0, 0.1) is 6.92 Å². The molecular formula is C27H25N9O. The molecule has 0 saturated carbocycles. The van der Waals surface area contributed by atoms with E-state index >= 15 is 0 Å². The van der Waals surface area contributed by atoms with Crippen LogP contribution in [0.3, 0.4) is 0 Å². The number of nitrogens with zero attached hydrogens (tertiary/aromatic N) is 6. The lowest BCUT2D eigenvalue weighted by atomic mass is 9.98. The molecule has 6 rings (SSSR count). The van der Waals surface area contributed by atoms with Crippen LogP contribution in [0.25, 0.3) is 22.4 Å². The van der Waals surface area contributed by atoms with Crippen LogP contribution in [-0.4, -0.2) is 49.3 Å². The summed E-state index contributed by atoms with van der Waals surface area (Å²) in [6.07, 6.45) is 5.83. The van der Waals surface area contributed by atoms with Crippen LogP contribution in [-0.2, 0) is 0 Å². The Labute approximate surface area is 213 Å². The number of anilines is 3. The maximum Gasteiger partial charge on any atom is 0.319 e. The van der Waals surface area contributed by atoms with Crippen molar-refractivity contribution in [1.82, 2.24) is 35.5 Å². The summed E-state index contributed by atoms with van der Waals surface area (Å²) in [5.41, 5.74) is 5.49. The van der Waals surface area contributed by atoms with E-state index in [-0.39, 0.29) is 11.9 Å². The molecule has 184 valence electrons. The number of H-pyrrole nitrogens is 1. The van der Waals surface area contributed by atoms with E-state index in [4.69, 9.17) is 0 Å². The number of benzene rings is 2. The first kappa shape index (κ1) is 22.6. The van der Waals surface area contributed by atoms with Crippen LogP contribution < -0.4 is 15.5 Å². The monoisotopic (exact) mass is 491 g/mol. The number of aromatic amines is 1. The molecule has 2 aromatic carbocycles.